The Morgan fingerprint density at radius 2 is 1.93 bits per heavy atom. The third-order valence-electron chi connectivity index (χ3n) is 6.01. The van der Waals surface area contributed by atoms with Crippen molar-refractivity contribution >= 4 is 21.6 Å². The number of likely N-dealkylation sites (tertiary alicyclic amines) is 1. The first-order valence-corrected chi connectivity index (χ1v) is 11.7. The van der Waals surface area contributed by atoms with Gasteiger partial charge in [0.1, 0.15) is 0 Å². The molecule has 0 radical (unpaired) electrons. The van der Waals surface area contributed by atoms with Crippen molar-refractivity contribution < 1.29 is 18.3 Å². The lowest BCUT2D eigenvalue weighted by Crippen LogP contribution is -2.63. The number of anilines is 1. The van der Waals surface area contributed by atoms with Crippen molar-refractivity contribution in [3.8, 4) is 0 Å². The molecule has 8 heteroatoms. The van der Waals surface area contributed by atoms with E-state index in [2.05, 4.69) is 19.2 Å². The topological polar surface area (TPSA) is 90.0 Å². The summed E-state index contributed by atoms with van der Waals surface area (Å²) >= 11 is 0. The second-order valence-electron chi connectivity index (χ2n) is 8.37. The second-order valence-corrected chi connectivity index (χ2v) is 10.3. The van der Waals surface area contributed by atoms with Gasteiger partial charge < -0.3 is 10.4 Å². The van der Waals surface area contributed by atoms with E-state index in [0.717, 1.165) is 12.1 Å². The van der Waals surface area contributed by atoms with E-state index >= 15 is 0 Å². The molecule has 0 aromatic heterocycles. The Morgan fingerprint density at radius 3 is 2.50 bits per heavy atom. The number of β-amino-alcohol motifs (C(OH)–C–C–N with tert-alkyl or cyclic N) is 1. The molecule has 2 N–H and O–H groups in total. The van der Waals surface area contributed by atoms with E-state index in [1.807, 2.05) is 29.2 Å². The van der Waals surface area contributed by atoms with E-state index in [1.54, 1.807) is 0 Å². The van der Waals surface area contributed by atoms with E-state index < -0.39 is 21.7 Å². The maximum atomic E-state index is 12.4. The van der Waals surface area contributed by atoms with Gasteiger partial charge in [-0.1, -0.05) is 26.0 Å². The third kappa shape index (κ3) is 4.40. The summed E-state index contributed by atoms with van der Waals surface area (Å²) in [5.74, 6) is 0.306. The van der Waals surface area contributed by atoms with Crippen LogP contribution >= 0.6 is 0 Å². The molecule has 3 rings (SSSR count). The van der Waals surface area contributed by atoms with Gasteiger partial charge in [0.05, 0.1) is 24.4 Å². The molecule has 0 saturated carbocycles. The summed E-state index contributed by atoms with van der Waals surface area (Å²) < 4.78 is 25.7. The number of sulfonamides is 1. The largest absolute Gasteiger partial charge is 0.390 e. The highest BCUT2D eigenvalue weighted by atomic mass is 32.2. The van der Waals surface area contributed by atoms with E-state index in [0.29, 0.717) is 38.4 Å². The smallest absolute Gasteiger partial charge is 0.238 e. The predicted octanol–water partition coefficient (Wildman–Crippen LogP) is 1.61. The first-order chi connectivity index (χ1) is 13.1. The van der Waals surface area contributed by atoms with Gasteiger partial charge in [-0.05, 0) is 42.9 Å². The van der Waals surface area contributed by atoms with Crippen molar-refractivity contribution in [2.45, 2.75) is 50.7 Å². The van der Waals surface area contributed by atoms with Crippen molar-refractivity contribution in [3.05, 3.63) is 29.8 Å². The fourth-order valence-corrected chi connectivity index (χ4v) is 5.90. The van der Waals surface area contributed by atoms with E-state index in [4.69, 9.17) is 0 Å². The number of rotatable bonds is 5. The highest BCUT2D eigenvalue weighted by Crippen LogP contribution is 2.40. The summed E-state index contributed by atoms with van der Waals surface area (Å²) in [5.41, 5.74) is 1.25. The van der Waals surface area contributed by atoms with E-state index in [1.165, 1.54) is 16.1 Å². The Morgan fingerprint density at radius 1 is 1.25 bits per heavy atom. The number of hydrogen-bond donors (Lipinski definition) is 2. The Kier molecular flexibility index (Phi) is 6.14. The number of hydrogen-bond acceptors (Lipinski definition) is 5. The third-order valence-corrected chi connectivity index (χ3v) is 7.36. The standard InChI is InChI=1S/C20H31N3O4S/c1-15(2)16-5-7-17(8-6-16)21-19(25)14-22-12-10-20(18(24)13-22)9-4-11-23(20)28(3,26)27/h5-8,15,18,24H,4,9-14H2,1-3H3,(H,21,25)/t18-,20-/m0/s1. The molecule has 0 bridgehead atoms. The Labute approximate surface area is 167 Å². The SMILES string of the molecule is CC(C)c1ccc(NC(=O)CN2CC[C@@]3(CCCN3S(C)(=O)=O)[C@@H](O)C2)cc1. The van der Waals surface area contributed by atoms with Crippen molar-refractivity contribution in [1.29, 1.82) is 0 Å². The minimum absolute atomic E-state index is 0.133. The predicted molar refractivity (Wildman–Crippen MR) is 110 cm³/mol. The van der Waals surface area contributed by atoms with E-state index in [9.17, 15) is 18.3 Å². The number of aliphatic hydroxyl groups excluding tert-OH is 1. The number of amides is 1. The maximum absolute atomic E-state index is 12.4. The zero-order chi connectivity index (χ0) is 20.5. The average Bonchev–Trinajstić information content (AvgIpc) is 3.04. The van der Waals surface area contributed by atoms with Crippen molar-refractivity contribution in [3.63, 3.8) is 0 Å². The van der Waals surface area contributed by atoms with Gasteiger partial charge in [0, 0.05) is 25.3 Å². The lowest BCUT2D eigenvalue weighted by Gasteiger charge is -2.47. The number of carbonyl (C=O) groups excluding carboxylic acids is 1. The van der Waals surface area contributed by atoms with Gasteiger partial charge in [-0.3, -0.25) is 9.69 Å². The summed E-state index contributed by atoms with van der Waals surface area (Å²) in [6, 6.07) is 7.81. The molecule has 28 heavy (non-hydrogen) atoms. The summed E-state index contributed by atoms with van der Waals surface area (Å²) in [6.45, 7) is 5.77. The minimum atomic E-state index is -3.36. The Balaban J connectivity index is 1.58. The fraction of sp³-hybridized carbons (Fsp3) is 0.650. The van der Waals surface area contributed by atoms with Gasteiger partial charge in [-0.25, -0.2) is 8.42 Å². The molecule has 2 aliphatic rings. The minimum Gasteiger partial charge on any atom is -0.390 e. The number of aliphatic hydroxyl groups is 1. The molecule has 1 spiro atoms. The zero-order valence-electron chi connectivity index (χ0n) is 16.9. The molecule has 7 nitrogen and oxygen atoms in total. The number of nitrogens with one attached hydrogen (secondary N) is 1. The van der Waals surface area contributed by atoms with Gasteiger partial charge in [0.15, 0.2) is 0 Å². The van der Waals surface area contributed by atoms with Crippen LogP contribution in [0.5, 0.6) is 0 Å². The number of piperidine rings is 1. The molecule has 2 fully saturated rings. The van der Waals surface area contributed by atoms with Crippen LogP contribution in [0.3, 0.4) is 0 Å². The molecule has 2 saturated heterocycles. The lowest BCUT2D eigenvalue weighted by molar-refractivity contribution is -0.119. The highest BCUT2D eigenvalue weighted by molar-refractivity contribution is 7.88. The van der Waals surface area contributed by atoms with Crippen LogP contribution in [0.15, 0.2) is 24.3 Å². The molecule has 156 valence electrons. The second kappa shape index (κ2) is 8.10. The monoisotopic (exact) mass is 409 g/mol. The van der Waals surface area contributed by atoms with Crippen LogP contribution in [0.1, 0.15) is 44.6 Å². The molecule has 2 aliphatic heterocycles. The first-order valence-electron chi connectivity index (χ1n) is 9.90. The van der Waals surface area contributed by atoms with Crippen LogP contribution in [0.4, 0.5) is 5.69 Å². The van der Waals surface area contributed by atoms with Gasteiger partial charge >= 0.3 is 0 Å². The van der Waals surface area contributed by atoms with E-state index in [-0.39, 0.29) is 12.5 Å². The molecule has 0 unspecified atom stereocenters. The first kappa shape index (κ1) is 21.2. The van der Waals surface area contributed by atoms with Crippen molar-refractivity contribution in [1.82, 2.24) is 9.21 Å². The van der Waals surface area contributed by atoms with Crippen LogP contribution in [0.2, 0.25) is 0 Å². The van der Waals surface area contributed by atoms with Crippen molar-refractivity contribution in [2.75, 3.05) is 37.8 Å². The molecular formula is C20H31N3O4S. The van der Waals surface area contributed by atoms with Gasteiger partial charge in [0.25, 0.3) is 0 Å². The number of carbonyl (C=O) groups is 1. The van der Waals surface area contributed by atoms with Crippen LogP contribution in [0, 0.1) is 0 Å². The molecule has 0 aliphatic carbocycles. The summed E-state index contributed by atoms with van der Waals surface area (Å²) in [6.07, 6.45) is 2.38. The molecule has 1 aromatic carbocycles. The molecule has 2 heterocycles. The van der Waals surface area contributed by atoms with Crippen LogP contribution in [0.25, 0.3) is 0 Å². The highest BCUT2D eigenvalue weighted by Gasteiger charge is 2.52. The Hall–Kier alpha value is -1.48. The van der Waals surface area contributed by atoms with Gasteiger partial charge in [-0.2, -0.15) is 4.31 Å². The Bertz CT molecular complexity index is 809. The summed E-state index contributed by atoms with van der Waals surface area (Å²) in [5, 5.41) is 13.7. The quantitative estimate of drug-likeness (QED) is 0.771. The van der Waals surface area contributed by atoms with Gasteiger partial charge in [0.2, 0.25) is 15.9 Å². The number of benzene rings is 1. The summed E-state index contributed by atoms with van der Waals surface area (Å²) in [7, 11) is -3.36. The van der Waals surface area contributed by atoms with Crippen LogP contribution < -0.4 is 5.32 Å². The van der Waals surface area contributed by atoms with Crippen LogP contribution in [-0.2, 0) is 14.8 Å². The molecular weight excluding hydrogens is 378 g/mol. The average molecular weight is 410 g/mol. The maximum Gasteiger partial charge on any atom is 0.238 e. The fourth-order valence-electron chi connectivity index (χ4n) is 4.48. The van der Waals surface area contributed by atoms with Crippen molar-refractivity contribution in [2.24, 2.45) is 0 Å². The zero-order valence-corrected chi connectivity index (χ0v) is 17.7. The molecule has 1 aromatic rings. The number of nitrogens with zero attached hydrogens (tertiary/aromatic N) is 2. The molecule has 1 amide bonds. The van der Waals surface area contributed by atoms with Crippen LogP contribution in [-0.4, -0.2) is 72.7 Å². The lowest BCUT2D eigenvalue weighted by atomic mass is 9.83. The van der Waals surface area contributed by atoms with Gasteiger partial charge in [-0.15, -0.1) is 0 Å². The summed E-state index contributed by atoms with van der Waals surface area (Å²) in [4.78, 5) is 14.3. The normalized spacial score (nSPS) is 26.8. The molecule has 2 atom stereocenters.